The van der Waals surface area contributed by atoms with Crippen molar-refractivity contribution in [2.75, 3.05) is 19.7 Å². The van der Waals surface area contributed by atoms with Crippen LogP contribution in [0.5, 0.6) is 0 Å². The van der Waals surface area contributed by atoms with Gasteiger partial charge in [-0.15, -0.1) is 0 Å². The van der Waals surface area contributed by atoms with Gasteiger partial charge in [-0.1, -0.05) is 26.0 Å². The van der Waals surface area contributed by atoms with E-state index in [0.29, 0.717) is 18.0 Å². The lowest BCUT2D eigenvalue weighted by Crippen LogP contribution is -2.54. The van der Waals surface area contributed by atoms with Crippen LogP contribution < -0.4 is 0 Å². The van der Waals surface area contributed by atoms with E-state index in [1.54, 1.807) is 10.9 Å². The van der Waals surface area contributed by atoms with Crippen LogP contribution in [0.1, 0.15) is 30.6 Å². The summed E-state index contributed by atoms with van der Waals surface area (Å²) in [7, 11) is 0. The second-order valence-corrected chi connectivity index (χ2v) is 7.89. The maximum absolute atomic E-state index is 13.2. The lowest BCUT2D eigenvalue weighted by Gasteiger charge is -2.55. The van der Waals surface area contributed by atoms with Gasteiger partial charge in [0.2, 0.25) is 0 Å². The van der Waals surface area contributed by atoms with Crippen molar-refractivity contribution in [1.82, 2.24) is 14.7 Å². The number of fused-ring (bicyclic) bond motifs is 1. The first-order valence-electron chi connectivity index (χ1n) is 8.46. The van der Waals surface area contributed by atoms with Crippen LogP contribution in [0, 0.1) is 16.7 Å². The normalized spacial score (nSPS) is 27.6. The summed E-state index contributed by atoms with van der Waals surface area (Å²) < 4.78 is 1.73. The minimum Gasteiger partial charge on any atom is -0.396 e. The summed E-state index contributed by atoms with van der Waals surface area (Å²) in [6.07, 6.45) is 4.53. The highest BCUT2D eigenvalue weighted by atomic mass is 16.3. The Morgan fingerprint density at radius 2 is 2.12 bits per heavy atom. The van der Waals surface area contributed by atoms with Gasteiger partial charge in [0, 0.05) is 30.9 Å². The maximum atomic E-state index is 13.2. The fourth-order valence-corrected chi connectivity index (χ4v) is 4.93. The molecule has 0 bridgehead atoms. The molecule has 126 valence electrons. The van der Waals surface area contributed by atoms with E-state index in [-0.39, 0.29) is 23.3 Å². The number of aliphatic hydroxyl groups is 1. The van der Waals surface area contributed by atoms with Crippen molar-refractivity contribution >= 4 is 5.91 Å². The topological polar surface area (TPSA) is 58.4 Å². The fourth-order valence-electron chi connectivity index (χ4n) is 4.93. The predicted octanol–water partition coefficient (Wildman–Crippen LogP) is 2.35. The molecule has 0 unspecified atom stereocenters. The summed E-state index contributed by atoms with van der Waals surface area (Å²) >= 11 is 0. The van der Waals surface area contributed by atoms with Crippen molar-refractivity contribution in [2.45, 2.75) is 20.3 Å². The molecular weight excluding hydrogens is 302 g/mol. The molecule has 4 rings (SSSR count). The molecule has 1 saturated carbocycles. The Kier molecular flexibility index (Phi) is 3.32. The van der Waals surface area contributed by atoms with Crippen LogP contribution in [0.25, 0.3) is 5.69 Å². The number of aromatic nitrogens is 2. The van der Waals surface area contributed by atoms with Gasteiger partial charge in [-0.25, -0.2) is 4.68 Å². The van der Waals surface area contributed by atoms with Gasteiger partial charge in [0.15, 0.2) is 0 Å². The summed E-state index contributed by atoms with van der Waals surface area (Å²) in [5.74, 6) is 0.398. The molecule has 2 heterocycles. The number of rotatable bonds is 3. The van der Waals surface area contributed by atoms with Gasteiger partial charge < -0.3 is 10.0 Å². The molecule has 2 atom stereocenters. The highest BCUT2D eigenvalue weighted by molar-refractivity contribution is 5.98. The van der Waals surface area contributed by atoms with Crippen LogP contribution >= 0.6 is 0 Å². The molecule has 2 aliphatic rings. The maximum Gasteiger partial charge on any atom is 0.256 e. The second kappa shape index (κ2) is 5.18. The van der Waals surface area contributed by atoms with E-state index >= 15 is 0 Å². The molecule has 2 fully saturated rings. The Balaban J connectivity index is 1.65. The van der Waals surface area contributed by atoms with E-state index in [0.717, 1.165) is 18.7 Å². The number of amides is 1. The first-order chi connectivity index (χ1) is 11.5. The van der Waals surface area contributed by atoms with Crippen LogP contribution in [0.2, 0.25) is 0 Å². The van der Waals surface area contributed by atoms with Crippen LogP contribution in [-0.4, -0.2) is 45.4 Å². The number of carbonyl (C=O) groups excluding carboxylic acids is 1. The van der Waals surface area contributed by atoms with Crippen molar-refractivity contribution in [2.24, 2.45) is 16.7 Å². The largest absolute Gasteiger partial charge is 0.396 e. The summed E-state index contributed by atoms with van der Waals surface area (Å²) in [6, 6.07) is 9.42. The van der Waals surface area contributed by atoms with Gasteiger partial charge in [0.25, 0.3) is 5.91 Å². The third-order valence-electron chi connectivity index (χ3n) is 5.89. The van der Waals surface area contributed by atoms with Gasteiger partial charge >= 0.3 is 0 Å². The summed E-state index contributed by atoms with van der Waals surface area (Å²) in [5.41, 5.74) is 1.54. The number of carbonyl (C=O) groups is 1. The fraction of sp³-hybridized carbons (Fsp3) is 0.474. The molecule has 1 aromatic heterocycles. The number of aliphatic hydroxyl groups excluding tert-OH is 1. The third kappa shape index (κ3) is 2.11. The quantitative estimate of drug-likeness (QED) is 0.942. The Morgan fingerprint density at radius 1 is 1.33 bits per heavy atom. The number of hydrogen-bond acceptors (Lipinski definition) is 3. The number of benzene rings is 1. The average molecular weight is 325 g/mol. The van der Waals surface area contributed by atoms with Crippen molar-refractivity contribution < 1.29 is 9.90 Å². The molecule has 2 aromatic rings. The second-order valence-electron chi connectivity index (χ2n) is 7.89. The van der Waals surface area contributed by atoms with Crippen LogP contribution in [0.3, 0.4) is 0 Å². The van der Waals surface area contributed by atoms with Crippen molar-refractivity contribution in [3.05, 3.63) is 48.3 Å². The zero-order valence-electron chi connectivity index (χ0n) is 14.1. The average Bonchev–Trinajstić information content (AvgIpc) is 3.20. The predicted molar refractivity (Wildman–Crippen MR) is 90.9 cm³/mol. The molecule has 1 aromatic carbocycles. The van der Waals surface area contributed by atoms with Crippen LogP contribution in [0.4, 0.5) is 0 Å². The number of para-hydroxylation sites is 1. The third-order valence-corrected chi connectivity index (χ3v) is 5.89. The highest BCUT2D eigenvalue weighted by Gasteiger charge is 2.63. The Morgan fingerprint density at radius 3 is 2.75 bits per heavy atom. The molecule has 0 radical (unpaired) electrons. The molecule has 1 aliphatic heterocycles. The van der Waals surface area contributed by atoms with Gasteiger partial charge in [-0.2, -0.15) is 5.10 Å². The van der Waals surface area contributed by atoms with Crippen LogP contribution in [-0.2, 0) is 0 Å². The zero-order valence-corrected chi connectivity index (χ0v) is 14.1. The van der Waals surface area contributed by atoms with E-state index < -0.39 is 0 Å². The zero-order chi connectivity index (χ0) is 16.9. The Labute approximate surface area is 141 Å². The van der Waals surface area contributed by atoms with Gasteiger partial charge in [0.05, 0.1) is 17.9 Å². The SMILES string of the molecule is CC1(C)C[C@]2(CO)CN(C(=O)c3ccccc3-n3cccn3)C[C@H]12. The first-order valence-corrected chi connectivity index (χ1v) is 8.46. The van der Waals surface area contributed by atoms with Gasteiger partial charge in [-0.3, -0.25) is 4.79 Å². The van der Waals surface area contributed by atoms with E-state index in [2.05, 4.69) is 18.9 Å². The summed E-state index contributed by atoms with van der Waals surface area (Å²) in [6.45, 7) is 5.99. The lowest BCUT2D eigenvalue weighted by atomic mass is 9.48. The van der Waals surface area contributed by atoms with Crippen LogP contribution in [0.15, 0.2) is 42.7 Å². The molecule has 1 saturated heterocycles. The van der Waals surface area contributed by atoms with Crippen molar-refractivity contribution in [1.29, 1.82) is 0 Å². The minimum absolute atomic E-state index is 0.0270. The minimum atomic E-state index is -0.111. The Bertz CT molecular complexity index is 769. The standard InChI is InChI=1S/C19H23N3O2/c1-18(2)11-19(13-23)12-21(10-16(18)19)17(24)14-6-3-4-7-15(14)22-9-5-8-20-22/h3-9,16,23H,10-13H2,1-2H3/t16-,19-/m1/s1. The molecular formula is C19H23N3O2. The summed E-state index contributed by atoms with van der Waals surface area (Å²) in [4.78, 5) is 15.1. The Hall–Kier alpha value is -2.14. The van der Waals surface area contributed by atoms with Crippen molar-refractivity contribution in [3.8, 4) is 5.69 Å². The monoisotopic (exact) mass is 325 g/mol. The lowest BCUT2D eigenvalue weighted by molar-refractivity contribution is -0.0977. The molecule has 5 heteroatoms. The van der Waals surface area contributed by atoms with E-state index in [1.807, 2.05) is 41.4 Å². The number of likely N-dealkylation sites (tertiary alicyclic amines) is 1. The van der Waals surface area contributed by atoms with E-state index in [9.17, 15) is 9.90 Å². The first kappa shape index (κ1) is 15.4. The molecule has 5 nitrogen and oxygen atoms in total. The van der Waals surface area contributed by atoms with E-state index in [1.165, 1.54) is 0 Å². The smallest absolute Gasteiger partial charge is 0.256 e. The summed E-state index contributed by atoms with van der Waals surface area (Å²) in [5, 5.41) is 14.2. The van der Waals surface area contributed by atoms with Gasteiger partial charge in [0.1, 0.15) is 0 Å². The molecule has 1 aliphatic carbocycles. The molecule has 0 spiro atoms. The van der Waals surface area contributed by atoms with E-state index in [4.69, 9.17) is 0 Å². The number of hydrogen-bond donors (Lipinski definition) is 1. The van der Waals surface area contributed by atoms with Gasteiger partial charge in [-0.05, 0) is 36.0 Å². The number of nitrogens with zero attached hydrogens (tertiary/aromatic N) is 3. The van der Waals surface area contributed by atoms with Crippen molar-refractivity contribution in [3.63, 3.8) is 0 Å². The molecule has 24 heavy (non-hydrogen) atoms. The molecule has 1 amide bonds. The molecule has 1 N–H and O–H groups in total. The highest BCUT2D eigenvalue weighted by Crippen LogP contribution is 2.62.